The van der Waals surface area contributed by atoms with Crippen LogP contribution in [0.1, 0.15) is 36.4 Å². The van der Waals surface area contributed by atoms with Crippen molar-refractivity contribution in [3.05, 3.63) is 85.2 Å². The summed E-state index contributed by atoms with van der Waals surface area (Å²) < 4.78 is 7.80. The van der Waals surface area contributed by atoms with Crippen molar-refractivity contribution in [2.24, 2.45) is 0 Å². The van der Waals surface area contributed by atoms with E-state index in [1.807, 2.05) is 60.5 Å². The van der Waals surface area contributed by atoms with Crippen LogP contribution in [0.2, 0.25) is 0 Å². The third kappa shape index (κ3) is 4.04. The molecule has 194 valence electrons. The number of ether oxygens (including phenoxy) is 1. The lowest BCUT2D eigenvalue weighted by Crippen LogP contribution is -2.34. The number of benzene rings is 1. The Hall–Kier alpha value is -4.86. The van der Waals surface area contributed by atoms with Gasteiger partial charge in [-0.2, -0.15) is 5.10 Å². The van der Waals surface area contributed by atoms with Crippen LogP contribution in [0.5, 0.6) is 11.5 Å². The zero-order chi connectivity index (χ0) is 26.5. The van der Waals surface area contributed by atoms with Crippen molar-refractivity contribution in [1.29, 1.82) is 0 Å². The van der Waals surface area contributed by atoms with Crippen LogP contribution < -0.4 is 10.1 Å². The van der Waals surface area contributed by atoms with Crippen LogP contribution in [-0.4, -0.2) is 52.4 Å². The predicted octanol–water partition coefficient (Wildman–Crippen LogP) is 4.94. The first-order valence-electron chi connectivity index (χ1n) is 13.0. The number of rotatable bonds is 6. The largest absolute Gasteiger partial charge is 0.457 e. The number of carbonyl (C=O) groups is 1. The summed E-state index contributed by atoms with van der Waals surface area (Å²) in [5.74, 6) is 2.27. The molecule has 0 saturated carbocycles. The first-order valence-corrected chi connectivity index (χ1v) is 13.0. The minimum absolute atomic E-state index is 0.0124. The van der Waals surface area contributed by atoms with Crippen LogP contribution in [0.25, 0.3) is 16.7 Å². The molecule has 0 radical (unpaired) electrons. The highest BCUT2D eigenvalue weighted by Crippen LogP contribution is 2.46. The van der Waals surface area contributed by atoms with Gasteiger partial charge in [0.25, 0.3) is 0 Å². The maximum Gasteiger partial charge on any atom is 0.246 e. The Labute approximate surface area is 224 Å². The number of pyridine rings is 2. The summed E-state index contributed by atoms with van der Waals surface area (Å²) in [5.41, 5.74) is 4.98. The fourth-order valence-electron chi connectivity index (χ4n) is 5.97. The Bertz CT molecular complexity index is 1750. The molecule has 1 amide bonds. The Morgan fingerprint density at radius 2 is 2.03 bits per heavy atom. The molecule has 5 aromatic rings. The summed E-state index contributed by atoms with van der Waals surface area (Å²) in [6, 6.07) is 14.0. The number of anilines is 2. The molecule has 2 saturated heterocycles. The first-order chi connectivity index (χ1) is 19.1. The molecule has 39 heavy (non-hydrogen) atoms. The van der Waals surface area contributed by atoms with Crippen LogP contribution in [0.3, 0.4) is 0 Å². The van der Waals surface area contributed by atoms with Crippen molar-refractivity contribution >= 4 is 34.1 Å². The lowest BCUT2D eigenvalue weighted by molar-refractivity contribution is -0.127. The van der Waals surface area contributed by atoms with E-state index in [4.69, 9.17) is 9.72 Å². The van der Waals surface area contributed by atoms with Gasteiger partial charge in [0.1, 0.15) is 29.7 Å². The summed E-state index contributed by atoms with van der Waals surface area (Å²) in [7, 11) is 0. The van der Waals surface area contributed by atoms with E-state index in [0.29, 0.717) is 17.1 Å². The fourth-order valence-corrected chi connectivity index (χ4v) is 5.97. The number of fused-ring (bicyclic) bond motifs is 4. The van der Waals surface area contributed by atoms with Crippen LogP contribution in [0.4, 0.5) is 11.5 Å². The van der Waals surface area contributed by atoms with Crippen molar-refractivity contribution in [2.45, 2.75) is 44.2 Å². The van der Waals surface area contributed by atoms with Gasteiger partial charge in [-0.1, -0.05) is 6.58 Å². The van der Waals surface area contributed by atoms with Crippen LogP contribution >= 0.6 is 0 Å². The minimum Gasteiger partial charge on any atom is -0.457 e. The molecule has 0 unspecified atom stereocenters. The average molecular weight is 519 g/mol. The quantitative estimate of drug-likeness (QED) is 0.315. The van der Waals surface area contributed by atoms with E-state index in [0.717, 1.165) is 53.1 Å². The first kappa shape index (κ1) is 23.3. The van der Waals surface area contributed by atoms with Gasteiger partial charge in [-0.3, -0.25) is 4.79 Å². The maximum atomic E-state index is 12.5. The van der Waals surface area contributed by atoms with E-state index in [2.05, 4.69) is 31.9 Å². The molecule has 2 aliphatic rings. The summed E-state index contributed by atoms with van der Waals surface area (Å²) >= 11 is 0. The molecule has 2 aliphatic heterocycles. The lowest BCUT2D eigenvalue weighted by atomic mass is 9.86. The van der Waals surface area contributed by atoms with Gasteiger partial charge in [-0.25, -0.2) is 24.5 Å². The van der Waals surface area contributed by atoms with E-state index < -0.39 is 0 Å². The topological polar surface area (TPSA) is 110 Å². The number of hydrogen-bond acceptors (Lipinski definition) is 8. The number of hydrogen-bond donors (Lipinski definition) is 1. The Morgan fingerprint density at radius 1 is 1.10 bits per heavy atom. The molecule has 10 nitrogen and oxygen atoms in total. The second-order valence-corrected chi connectivity index (χ2v) is 10.0. The second kappa shape index (κ2) is 9.16. The van der Waals surface area contributed by atoms with Crippen molar-refractivity contribution in [2.75, 3.05) is 5.32 Å². The minimum atomic E-state index is 0.0124. The van der Waals surface area contributed by atoms with Crippen molar-refractivity contribution in [3.63, 3.8) is 0 Å². The van der Waals surface area contributed by atoms with Crippen LogP contribution in [0, 0.1) is 6.92 Å². The normalized spacial score (nSPS) is 20.0. The van der Waals surface area contributed by atoms with E-state index in [9.17, 15) is 4.79 Å². The van der Waals surface area contributed by atoms with Gasteiger partial charge in [0.2, 0.25) is 5.91 Å². The van der Waals surface area contributed by atoms with Gasteiger partial charge in [-0.15, -0.1) is 0 Å². The zero-order valence-electron chi connectivity index (χ0n) is 21.4. The van der Waals surface area contributed by atoms with Gasteiger partial charge < -0.3 is 15.0 Å². The number of carbonyl (C=O) groups excluding carboxylic acids is 1. The Morgan fingerprint density at radius 3 is 2.90 bits per heavy atom. The SMILES string of the molecule is C=CC(=O)N1[C@@H]2CC[C@H]1[C@H](c1ccc3ncnc(Nc4ccc(Oc5ccn6ncnc6c5)c(C)c4)c3n1)C2. The van der Waals surface area contributed by atoms with E-state index >= 15 is 0 Å². The highest BCUT2D eigenvalue weighted by molar-refractivity contribution is 5.89. The van der Waals surface area contributed by atoms with Gasteiger partial charge in [0.05, 0.1) is 5.52 Å². The molecule has 4 aromatic heterocycles. The van der Waals surface area contributed by atoms with Gasteiger partial charge in [-0.05, 0) is 74.2 Å². The Kier molecular flexibility index (Phi) is 5.46. The number of aromatic nitrogens is 6. The molecule has 2 bridgehead atoms. The van der Waals surface area contributed by atoms with E-state index in [-0.39, 0.29) is 23.9 Å². The molecule has 2 fully saturated rings. The van der Waals surface area contributed by atoms with Crippen molar-refractivity contribution < 1.29 is 9.53 Å². The number of nitrogens with one attached hydrogen (secondary N) is 1. The van der Waals surface area contributed by atoms with Gasteiger partial charge in [0, 0.05) is 41.6 Å². The molecule has 10 heteroatoms. The predicted molar refractivity (Wildman–Crippen MR) is 146 cm³/mol. The number of aryl methyl sites for hydroxylation is 1. The molecule has 1 N–H and O–H groups in total. The zero-order valence-corrected chi connectivity index (χ0v) is 21.4. The maximum absolute atomic E-state index is 12.5. The molecule has 7 rings (SSSR count). The monoisotopic (exact) mass is 518 g/mol. The molecular weight excluding hydrogens is 492 g/mol. The summed E-state index contributed by atoms with van der Waals surface area (Å²) in [4.78, 5) is 32.6. The van der Waals surface area contributed by atoms with Crippen molar-refractivity contribution in [1.82, 2.24) is 34.4 Å². The molecule has 0 spiro atoms. The number of amides is 1. The standard InChI is InChI=1S/C29H26N8O2/c1-3-27(38)37-19-5-8-24(37)21(13-19)22-6-7-23-28(35-22)29(32-15-30-23)34-18-4-9-25(17(2)12-18)39-20-10-11-36-26(14-20)31-16-33-36/h3-4,6-7,9-12,14-16,19,21,24H,1,5,8,13H2,2H3,(H,30,32,34)/t19-,21+,24+/m1/s1. The van der Waals surface area contributed by atoms with E-state index in [1.54, 1.807) is 10.8 Å². The van der Waals surface area contributed by atoms with Gasteiger partial charge >= 0.3 is 0 Å². The van der Waals surface area contributed by atoms with Crippen LogP contribution in [-0.2, 0) is 4.79 Å². The second-order valence-electron chi connectivity index (χ2n) is 10.0. The average Bonchev–Trinajstić information content (AvgIpc) is 3.69. The third-order valence-corrected chi connectivity index (χ3v) is 7.77. The molecule has 3 atom stereocenters. The Balaban J connectivity index is 1.14. The summed E-state index contributed by atoms with van der Waals surface area (Å²) in [6.07, 6.45) is 9.24. The molecule has 0 aliphatic carbocycles. The smallest absolute Gasteiger partial charge is 0.246 e. The molecular formula is C29H26N8O2. The van der Waals surface area contributed by atoms with Gasteiger partial charge in [0.15, 0.2) is 11.5 Å². The third-order valence-electron chi connectivity index (χ3n) is 7.77. The summed E-state index contributed by atoms with van der Waals surface area (Å²) in [6.45, 7) is 5.68. The highest BCUT2D eigenvalue weighted by atomic mass is 16.5. The lowest BCUT2D eigenvalue weighted by Gasteiger charge is -2.23. The molecule has 1 aromatic carbocycles. The van der Waals surface area contributed by atoms with E-state index in [1.165, 1.54) is 12.4 Å². The fraction of sp³-hybridized carbons (Fsp3) is 0.241. The van der Waals surface area contributed by atoms with Crippen LogP contribution in [0.15, 0.2) is 74.0 Å². The highest BCUT2D eigenvalue weighted by Gasteiger charge is 2.48. The molecule has 6 heterocycles. The number of nitrogens with zero attached hydrogens (tertiary/aromatic N) is 7. The summed E-state index contributed by atoms with van der Waals surface area (Å²) in [5, 5.41) is 7.53. The van der Waals surface area contributed by atoms with Crippen molar-refractivity contribution in [3.8, 4) is 11.5 Å².